The molecular weight excluding hydrogens is 474 g/mol. The molecule has 0 bridgehead atoms. The van der Waals surface area contributed by atoms with Crippen LogP contribution in [-0.2, 0) is 7.05 Å². The van der Waals surface area contributed by atoms with Gasteiger partial charge in [0.2, 0.25) is 0 Å². The molecule has 0 atom stereocenters. The zero-order valence-corrected chi connectivity index (χ0v) is 23.2. The van der Waals surface area contributed by atoms with Crippen molar-refractivity contribution in [2.24, 2.45) is 7.05 Å². The summed E-state index contributed by atoms with van der Waals surface area (Å²) in [4.78, 5) is 4.85. The second-order valence-corrected chi connectivity index (χ2v) is 13.0. The highest BCUT2D eigenvalue weighted by molar-refractivity contribution is 7.22. The molecule has 186 valence electrons. The van der Waals surface area contributed by atoms with Crippen LogP contribution in [-0.4, -0.2) is 25.8 Å². The van der Waals surface area contributed by atoms with Crippen LogP contribution in [0.15, 0.2) is 24.4 Å². The van der Waals surface area contributed by atoms with E-state index in [2.05, 4.69) is 64.3 Å². The number of nitrogens with zero attached hydrogens (tertiary/aromatic N) is 3. The first-order valence-corrected chi connectivity index (χ1v) is 13.3. The Balaban J connectivity index is 0.00000253. The number of nitrogens with two attached hydrogens (primary N) is 1. The molecule has 1 aliphatic carbocycles. The molecule has 4 aromatic rings. The summed E-state index contributed by atoms with van der Waals surface area (Å²) >= 11 is 1.61. The molecule has 2 fully saturated rings. The number of benzene rings is 2. The average Bonchev–Trinajstić information content (AvgIpc) is 3.38. The van der Waals surface area contributed by atoms with E-state index in [9.17, 15) is 0 Å². The van der Waals surface area contributed by atoms with Crippen molar-refractivity contribution in [2.45, 2.75) is 83.2 Å². The molecule has 3 N–H and O–H groups in total. The number of fused-ring (bicyclic) bond motifs is 2. The molecule has 0 radical (unpaired) electrons. The number of aromatic nitrogens is 3. The Kier molecular flexibility index (Phi) is 5.74. The highest BCUT2D eigenvalue weighted by Crippen LogP contribution is 2.48. The van der Waals surface area contributed by atoms with Crippen LogP contribution in [0, 0.1) is 6.92 Å². The number of rotatable bonds is 3. The number of aryl methyl sites for hydroxylation is 1. The SMILES string of the molecule is Cc1c(-c2cc(C3CC3)c3nn(C)cc3c2)cc2sc(N)nc2c1C1CC(C)(C)NC(C)(C)C1.Cl. The summed E-state index contributed by atoms with van der Waals surface area (Å²) < 4.78 is 3.15. The fraction of sp³-hybridized carbons (Fsp3) is 0.500. The van der Waals surface area contributed by atoms with E-state index in [1.807, 2.05) is 11.7 Å². The minimum Gasteiger partial charge on any atom is -0.375 e. The maximum absolute atomic E-state index is 6.27. The van der Waals surface area contributed by atoms with Crippen LogP contribution in [0.25, 0.3) is 32.2 Å². The van der Waals surface area contributed by atoms with Crippen LogP contribution < -0.4 is 11.1 Å². The average molecular weight is 510 g/mol. The van der Waals surface area contributed by atoms with Gasteiger partial charge in [-0.3, -0.25) is 4.68 Å². The summed E-state index contributed by atoms with van der Waals surface area (Å²) in [7, 11) is 2.02. The Bertz CT molecular complexity index is 1430. The van der Waals surface area contributed by atoms with Gasteiger partial charge in [0.15, 0.2) is 5.13 Å². The van der Waals surface area contributed by atoms with Crippen molar-refractivity contribution >= 4 is 50.0 Å². The summed E-state index contributed by atoms with van der Waals surface area (Å²) in [5.74, 6) is 1.08. The highest BCUT2D eigenvalue weighted by atomic mass is 35.5. The molecule has 1 saturated carbocycles. The molecule has 0 unspecified atom stereocenters. The van der Waals surface area contributed by atoms with Crippen LogP contribution in [0.2, 0.25) is 0 Å². The molecule has 2 aromatic heterocycles. The number of nitrogens with one attached hydrogen (secondary N) is 1. The van der Waals surface area contributed by atoms with Crippen molar-refractivity contribution in [3.05, 3.63) is 41.1 Å². The van der Waals surface area contributed by atoms with Gasteiger partial charge in [0.1, 0.15) is 0 Å². The van der Waals surface area contributed by atoms with E-state index in [0.717, 1.165) is 23.9 Å². The van der Waals surface area contributed by atoms with Crippen molar-refractivity contribution in [1.29, 1.82) is 0 Å². The Morgan fingerprint density at radius 1 is 1.03 bits per heavy atom. The first-order chi connectivity index (χ1) is 16.0. The third-order valence-electron chi connectivity index (χ3n) is 7.69. The largest absolute Gasteiger partial charge is 0.375 e. The summed E-state index contributed by atoms with van der Waals surface area (Å²) in [6.45, 7) is 11.6. The second-order valence-electron chi connectivity index (χ2n) is 11.9. The van der Waals surface area contributed by atoms with E-state index in [-0.39, 0.29) is 23.5 Å². The molecule has 3 heterocycles. The number of hydrogen-bond donors (Lipinski definition) is 2. The van der Waals surface area contributed by atoms with Gasteiger partial charge >= 0.3 is 0 Å². The zero-order valence-electron chi connectivity index (χ0n) is 21.5. The highest BCUT2D eigenvalue weighted by Gasteiger charge is 2.40. The van der Waals surface area contributed by atoms with Crippen molar-refractivity contribution < 1.29 is 0 Å². The lowest BCUT2D eigenvalue weighted by atomic mass is 9.71. The molecule has 2 aromatic carbocycles. The Labute approximate surface area is 217 Å². The van der Waals surface area contributed by atoms with E-state index in [4.69, 9.17) is 15.8 Å². The molecule has 1 saturated heterocycles. The first-order valence-electron chi connectivity index (χ1n) is 12.5. The molecule has 7 heteroatoms. The van der Waals surface area contributed by atoms with Gasteiger partial charge in [-0.2, -0.15) is 5.10 Å². The molecule has 6 rings (SSSR count). The van der Waals surface area contributed by atoms with Crippen LogP contribution in [0.4, 0.5) is 5.13 Å². The van der Waals surface area contributed by atoms with Gasteiger partial charge in [-0.1, -0.05) is 11.3 Å². The molecule has 0 spiro atoms. The number of nitrogen functional groups attached to an aromatic ring is 1. The fourth-order valence-electron chi connectivity index (χ4n) is 6.67. The number of piperidine rings is 1. The molecule has 5 nitrogen and oxygen atoms in total. The standard InChI is InChI=1S/C28H35N5S.ClH/c1-15-20(17-9-18-14-33(6)31-24(18)21(10-17)16-7-8-16)11-22-25(30-26(29)34-22)23(15)19-12-27(2,3)32-28(4,5)13-19;/h9-11,14,16,19,32H,7-8,12-13H2,1-6H3,(H2,29,30);1H. The molecule has 2 aliphatic rings. The van der Waals surface area contributed by atoms with E-state index in [1.54, 1.807) is 11.3 Å². The van der Waals surface area contributed by atoms with Crippen molar-refractivity contribution in [2.75, 3.05) is 5.73 Å². The van der Waals surface area contributed by atoms with Crippen LogP contribution in [0.5, 0.6) is 0 Å². The molecular formula is C28H36ClN5S. The fourth-order valence-corrected chi connectivity index (χ4v) is 7.46. The number of thiazole rings is 1. The van der Waals surface area contributed by atoms with E-state index >= 15 is 0 Å². The Morgan fingerprint density at radius 3 is 2.37 bits per heavy atom. The molecule has 0 amide bonds. The van der Waals surface area contributed by atoms with Crippen molar-refractivity contribution in [1.82, 2.24) is 20.1 Å². The van der Waals surface area contributed by atoms with E-state index in [0.29, 0.717) is 17.0 Å². The van der Waals surface area contributed by atoms with Crippen LogP contribution >= 0.6 is 23.7 Å². The second kappa shape index (κ2) is 8.19. The van der Waals surface area contributed by atoms with Crippen LogP contribution in [0.1, 0.15) is 81.9 Å². The summed E-state index contributed by atoms with van der Waals surface area (Å²) in [6.07, 6.45) is 6.86. The monoisotopic (exact) mass is 509 g/mol. The van der Waals surface area contributed by atoms with Gasteiger partial charge in [-0.25, -0.2) is 4.98 Å². The lowest BCUT2D eigenvalue weighted by Gasteiger charge is -2.47. The van der Waals surface area contributed by atoms with E-state index in [1.165, 1.54) is 50.7 Å². The Hall–Kier alpha value is -2.15. The summed E-state index contributed by atoms with van der Waals surface area (Å²) in [5, 5.41) is 10.5. The van der Waals surface area contributed by atoms with Crippen LogP contribution in [0.3, 0.4) is 0 Å². The van der Waals surface area contributed by atoms with Gasteiger partial charge < -0.3 is 11.1 Å². The summed E-state index contributed by atoms with van der Waals surface area (Å²) in [5.41, 5.74) is 15.4. The van der Waals surface area contributed by atoms with Gasteiger partial charge in [0, 0.05) is 29.7 Å². The number of halogens is 1. The predicted molar refractivity (Wildman–Crippen MR) is 151 cm³/mol. The van der Waals surface area contributed by atoms with E-state index < -0.39 is 0 Å². The minimum absolute atomic E-state index is 0. The molecule has 1 aliphatic heterocycles. The number of hydrogen-bond acceptors (Lipinski definition) is 5. The molecule has 35 heavy (non-hydrogen) atoms. The lowest BCUT2D eigenvalue weighted by molar-refractivity contribution is 0.162. The van der Waals surface area contributed by atoms with Crippen molar-refractivity contribution in [3.8, 4) is 11.1 Å². The van der Waals surface area contributed by atoms with Gasteiger partial charge in [0.25, 0.3) is 0 Å². The quantitative estimate of drug-likeness (QED) is 0.310. The first kappa shape index (κ1) is 24.5. The van der Waals surface area contributed by atoms with Crippen molar-refractivity contribution in [3.63, 3.8) is 0 Å². The smallest absolute Gasteiger partial charge is 0.181 e. The van der Waals surface area contributed by atoms with Gasteiger partial charge in [-0.15, -0.1) is 12.4 Å². The maximum atomic E-state index is 6.27. The third-order valence-corrected chi connectivity index (χ3v) is 8.52. The maximum Gasteiger partial charge on any atom is 0.181 e. The third kappa shape index (κ3) is 4.34. The van der Waals surface area contributed by atoms with Gasteiger partial charge in [0.05, 0.1) is 15.7 Å². The van der Waals surface area contributed by atoms with Gasteiger partial charge in [-0.05, 0) is 118 Å². The zero-order chi connectivity index (χ0) is 24.0. The summed E-state index contributed by atoms with van der Waals surface area (Å²) in [6, 6.07) is 7.06. The topological polar surface area (TPSA) is 68.8 Å². The lowest BCUT2D eigenvalue weighted by Crippen LogP contribution is -2.57. The number of anilines is 1. The normalized spacial score (nSPS) is 19.8. The predicted octanol–water partition coefficient (Wildman–Crippen LogP) is 7.06. The Morgan fingerprint density at radius 2 is 1.71 bits per heavy atom. The minimum atomic E-state index is 0.